The maximum absolute atomic E-state index is 12.4. The summed E-state index contributed by atoms with van der Waals surface area (Å²) in [6.45, 7) is 1.34. The van der Waals surface area contributed by atoms with Crippen molar-refractivity contribution in [2.24, 2.45) is 0 Å². The molecule has 12 nitrogen and oxygen atoms in total. The van der Waals surface area contributed by atoms with Crippen LogP contribution in [0.25, 0.3) is 12.2 Å². The van der Waals surface area contributed by atoms with Gasteiger partial charge >= 0.3 is 0 Å². The molecule has 0 bridgehead atoms. The third kappa shape index (κ3) is 5.87. The summed E-state index contributed by atoms with van der Waals surface area (Å²) in [6, 6.07) is 7.28. The molecule has 0 saturated heterocycles. The number of phenolic OH excluding ortho intramolecular Hbond substituents is 6. The Labute approximate surface area is 192 Å². The zero-order valence-corrected chi connectivity index (χ0v) is 17.4. The molecule has 12 heteroatoms. The highest BCUT2D eigenvalue weighted by Crippen LogP contribution is 2.36. The Kier molecular flexibility index (Phi) is 7.54. The summed E-state index contributed by atoms with van der Waals surface area (Å²) in [5.41, 5.74) is -0.856. The molecular formula is C22H18N4O8. The average molecular weight is 466 g/mol. The van der Waals surface area contributed by atoms with Crippen molar-refractivity contribution in [3.63, 3.8) is 0 Å². The second-order valence-corrected chi connectivity index (χ2v) is 6.82. The van der Waals surface area contributed by atoms with Crippen LogP contribution in [0.2, 0.25) is 0 Å². The van der Waals surface area contributed by atoms with Crippen LogP contribution in [0.5, 0.6) is 34.5 Å². The Bertz CT molecular complexity index is 1160. The van der Waals surface area contributed by atoms with E-state index in [-0.39, 0.29) is 11.1 Å². The smallest absolute Gasteiger partial charge is 0.263 e. The molecule has 2 amide bonds. The van der Waals surface area contributed by atoms with E-state index in [0.29, 0.717) is 0 Å². The van der Waals surface area contributed by atoms with Crippen molar-refractivity contribution >= 4 is 24.0 Å². The molecule has 0 spiro atoms. The fourth-order valence-electron chi connectivity index (χ4n) is 2.63. The number of nitrogens with one attached hydrogen (secondary N) is 2. The van der Waals surface area contributed by atoms with Crippen molar-refractivity contribution in [2.75, 3.05) is 0 Å². The van der Waals surface area contributed by atoms with Gasteiger partial charge in [-0.25, -0.2) is 0 Å². The quantitative estimate of drug-likeness (QED) is 0.130. The Morgan fingerprint density at radius 1 is 0.735 bits per heavy atom. The van der Waals surface area contributed by atoms with Gasteiger partial charge in [0.2, 0.25) is 0 Å². The number of nitrogens with zero attached hydrogens (tertiary/aromatic N) is 2. The van der Waals surface area contributed by atoms with Gasteiger partial charge in [0.25, 0.3) is 11.8 Å². The molecule has 174 valence electrons. The zero-order valence-electron chi connectivity index (χ0n) is 17.4. The molecule has 0 fully saturated rings. The molecular weight excluding hydrogens is 448 g/mol. The maximum atomic E-state index is 12.4. The summed E-state index contributed by atoms with van der Waals surface area (Å²) in [5.74, 6) is -6.08. The summed E-state index contributed by atoms with van der Waals surface area (Å²) < 4.78 is 0. The monoisotopic (exact) mass is 466 g/mol. The topological polar surface area (TPSA) is 227 Å². The summed E-state index contributed by atoms with van der Waals surface area (Å²) in [7, 11) is 0. The minimum Gasteiger partial charge on any atom is -0.504 e. The van der Waals surface area contributed by atoms with Gasteiger partial charge in [-0.3, -0.25) is 9.59 Å². The molecule has 0 aromatic heterocycles. The largest absolute Gasteiger partial charge is 0.504 e. The summed E-state index contributed by atoms with van der Waals surface area (Å²) in [4.78, 5) is 24.7. The first-order valence-corrected chi connectivity index (χ1v) is 9.32. The van der Waals surface area contributed by atoms with Crippen molar-refractivity contribution in [3.8, 4) is 46.6 Å². The summed E-state index contributed by atoms with van der Waals surface area (Å²) >= 11 is 0. The van der Waals surface area contributed by atoms with E-state index in [9.17, 15) is 50.8 Å². The van der Waals surface area contributed by atoms with E-state index in [2.05, 4.69) is 10.6 Å². The van der Waals surface area contributed by atoms with E-state index in [4.69, 9.17) is 0 Å². The van der Waals surface area contributed by atoms with Gasteiger partial charge in [0, 0.05) is 0 Å². The molecule has 0 aliphatic heterocycles. The van der Waals surface area contributed by atoms with Crippen LogP contribution in [-0.4, -0.2) is 48.6 Å². The highest BCUT2D eigenvalue weighted by atomic mass is 16.3. The van der Waals surface area contributed by atoms with E-state index < -0.39 is 63.6 Å². The number of amides is 2. The standard InChI is InChI=1S/C22H18N4O8/c1-10(25-21(33)13(8-23)2-11-4-15(27)19(31)16(28)5-11)26-22(34)14(9-24)3-12-6-17(29)20(32)18(30)7-12/h2-7,10,27-32H,1H3,(H,25,33)(H,26,34)/b13-2+,14-3+. The minimum atomic E-state index is -1.07. The third-order valence-corrected chi connectivity index (χ3v) is 4.23. The van der Waals surface area contributed by atoms with Gasteiger partial charge in [-0.1, -0.05) is 0 Å². The first kappa shape index (κ1) is 24.9. The number of hydrogen-bond acceptors (Lipinski definition) is 10. The van der Waals surface area contributed by atoms with Gasteiger partial charge in [0.15, 0.2) is 34.5 Å². The third-order valence-electron chi connectivity index (χ3n) is 4.23. The van der Waals surface area contributed by atoms with Crippen LogP contribution in [0.3, 0.4) is 0 Å². The van der Waals surface area contributed by atoms with Crippen molar-refractivity contribution in [2.45, 2.75) is 13.1 Å². The molecule has 2 rings (SSSR count). The molecule has 8 N–H and O–H groups in total. The van der Waals surface area contributed by atoms with Crippen molar-refractivity contribution < 1.29 is 40.2 Å². The minimum absolute atomic E-state index is 0.0336. The van der Waals surface area contributed by atoms with Crippen molar-refractivity contribution in [1.82, 2.24) is 10.6 Å². The Morgan fingerprint density at radius 2 is 1.03 bits per heavy atom. The van der Waals surface area contributed by atoms with Gasteiger partial charge in [-0.05, 0) is 54.5 Å². The highest BCUT2D eigenvalue weighted by Gasteiger charge is 2.18. The van der Waals surface area contributed by atoms with E-state index in [1.165, 1.54) is 6.92 Å². The molecule has 34 heavy (non-hydrogen) atoms. The Morgan fingerprint density at radius 3 is 1.29 bits per heavy atom. The van der Waals surface area contributed by atoms with Gasteiger partial charge in [-0.15, -0.1) is 0 Å². The molecule has 0 heterocycles. The molecule has 0 aliphatic carbocycles. The van der Waals surface area contributed by atoms with Gasteiger partial charge in [0.05, 0.1) is 6.17 Å². The normalized spacial score (nSPS) is 11.4. The van der Waals surface area contributed by atoms with Gasteiger partial charge in [-0.2, -0.15) is 10.5 Å². The highest BCUT2D eigenvalue weighted by molar-refractivity contribution is 6.04. The van der Waals surface area contributed by atoms with Gasteiger partial charge in [0.1, 0.15) is 23.3 Å². The van der Waals surface area contributed by atoms with Crippen LogP contribution < -0.4 is 10.6 Å². The predicted molar refractivity (Wildman–Crippen MR) is 116 cm³/mol. The SMILES string of the molecule is CC(NC(=O)/C(C#N)=C/c1cc(O)c(O)c(O)c1)NC(=O)/C(C#N)=C/c1cc(O)c(O)c(O)c1. The zero-order chi connectivity index (χ0) is 25.6. The number of hydrogen-bond donors (Lipinski definition) is 8. The molecule has 0 radical (unpaired) electrons. The number of carbonyl (C=O) groups is 2. The summed E-state index contributed by atoms with van der Waals surface area (Å²) in [5, 5.41) is 80.0. The van der Waals surface area contributed by atoms with E-state index >= 15 is 0 Å². The molecule has 0 aliphatic rings. The first-order valence-electron chi connectivity index (χ1n) is 9.32. The van der Waals surface area contributed by atoms with Crippen molar-refractivity contribution in [3.05, 3.63) is 46.5 Å². The van der Waals surface area contributed by atoms with Crippen LogP contribution in [-0.2, 0) is 9.59 Å². The van der Waals surface area contributed by atoms with Crippen molar-refractivity contribution in [1.29, 1.82) is 10.5 Å². The van der Waals surface area contributed by atoms with Gasteiger partial charge < -0.3 is 41.3 Å². The van der Waals surface area contributed by atoms with E-state index in [0.717, 1.165) is 36.4 Å². The Hall–Kier alpha value is -5.36. The molecule has 0 saturated carbocycles. The Balaban J connectivity index is 2.15. The fourth-order valence-corrected chi connectivity index (χ4v) is 2.63. The fraction of sp³-hybridized carbons (Fsp3) is 0.0909. The number of nitriles is 2. The lowest BCUT2D eigenvalue weighted by molar-refractivity contribution is -0.119. The number of phenols is 6. The maximum Gasteiger partial charge on any atom is 0.263 e. The number of benzene rings is 2. The molecule has 0 atom stereocenters. The predicted octanol–water partition coefficient (Wildman–Crippen LogP) is 1.01. The molecule has 0 unspecified atom stereocenters. The number of carbonyl (C=O) groups excluding carboxylic acids is 2. The van der Waals surface area contributed by atoms with E-state index in [1.54, 1.807) is 12.1 Å². The van der Waals surface area contributed by atoms with Crippen LogP contribution >= 0.6 is 0 Å². The lowest BCUT2D eigenvalue weighted by atomic mass is 10.1. The lowest BCUT2D eigenvalue weighted by Gasteiger charge is -2.15. The average Bonchev–Trinajstić information content (AvgIpc) is 2.77. The second-order valence-electron chi connectivity index (χ2n) is 6.82. The number of aromatic hydroxyl groups is 6. The lowest BCUT2D eigenvalue weighted by Crippen LogP contribution is -2.46. The molecule has 2 aromatic carbocycles. The van der Waals surface area contributed by atoms with Crippen LogP contribution in [0.4, 0.5) is 0 Å². The summed E-state index contributed by atoms with van der Waals surface area (Å²) in [6.07, 6.45) is 0.969. The second kappa shape index (κ2) is 10.3. The van der Waals surface area contributed by atoms with Crippen LogP contribution in [0.1, 0.15) is 18.1 Å². The molecule has 2 aromatic rings. The number of rotatable bonds is 6. The first-order chi connectivity index (χ1) is 16.0. The van der Waals surface area contributed by atoms with Crippen LogP contribution in [0.15, 0.2) is 35.4 Å². The van der Waals surface area contributed by atoms with Crippen LogP contribution in [0, 0.1) is 22.7 Å². The van der Waals surface area contributed by atoms with E-state index in [1.807, 2.05) is 0 Å².